The number of aromatic nitrogens is 3. The molecule has 2 aromatic heterocycles. The zero-order chi connectivity index (χ0) is 16.5. The lowest BCUT2D eigenvalue weighted by atomic mass is 10.1. The van der Waals surface area contributed by atoms with Crippen LogP contribution in [-0.4, -0.2) is 32.5 Å². The predicted molar refractivity (Wildman–Crippen MR) is 96.5 cm³/mol. The third kappa shape index (κ3) is 5.32. The number of nitrogens with zero attached hydrogens (tertiary/aromatic N) is 4. The molecule has 4 nitrogen and oxygen atoms in total. The molecule has 124 valence electrons. The van der Waals surface area contributed by atoms with Gasteiger partial charge in [-0.3, -0.25) is 9.88 Å². The van der Waals surface area contributed by atoms with Crippen LogP contribution < -0.4 is 0 Å². The van der Waals surface area contributed by atoms with Gasteiger partial charge < -0.3 is 4.57 Å². The third-order valence-corrected chi connectivity index (χ3v) is 4.14. The standard InChI is InChI=1S/C20H24N4/c1-2-6-19(7-3-1)9-14-23(17-20-8-4-10-21-16-20)12-5-13-24-15-11-22-18-24/h1-4,6-8,10-11,15-16,18H,5,9,12-14,17H2. The Morgan fingerprint density at radius 2 is 1.75 bits per heavy atom. The van der Waals surface area contributed by atoms with Crippen molar-refractivity contribution in [1.29, 1.82) is 0 Å². The fourth-order valence-electron chi connectivity index (χ4n) is 2.85. The van der Waals surface area contributed by atoms with E-state index in [9.17, 15) is 0 Å². The molecule has 0 amide bonds. The second kappa shape index (κ2) is 8.99. The van der Waals surface area contributed by atoms with Crippen LogP contribution in [-0.2, 0) is 19.5 Å². The molecular formula is C20H24N4. The molecule has 0 saturated heterocycles. The number of pyridine rings is 1. The first kappa shape index (κ1) is 16.4. The highest BCUT2D eigenvalue weighted by atomic mass is 15.1. The molecule has 1 aromatic carbocycles. The summed E-state index contributed by atoms with van der Waals surface area (Å²) in [5.74, 6) is 0. The maximum absolute atomic E-state index is 4.24. The Bertz CT molecular complexity index is 680. The topological polar surface area (TPSA) is 34.0 Å². The fraction of sp³-hybridized carbons (Fsp3) is 0.300. The number of hydrogen-bond donors (Lipinski definition) is 0. The van der Waals surface area contributed by atoms with Gasteiger partial charge >= 0.3 is 0 Å². The zero-order valence-electron chi connectivity index (χ0n) is 14.0. The molecule has 0 spiro atoms. The summed E-state index contributed by atoms with van der Waals surface area (Å²) in [7, 11) is 0. The van der Waals surface area contributed by atoms with Crippen LogP contribution >= 0.6 is 0 Å². The molecule has 0 aliphatic rings. The van der Waals surface area contributed by atoms with Crippen molar-refractivity contribution in [3.63, 3.8) is 0 Å². The van der Waals surface area contributed by atoms with Gasteiger partial charge in [-0.15, -0.1) is 0 Å². The molecule has 2 heterocycles. The van der Waals surface area contributed by atoms with Crippen molar-refractivity contribution in [3.05, 3.63) is 84.7 Å². The summed E-state index contributed by atoms with van der Waals surface area (Å²) >= 11 is 0. The molecule has 3 aromatic rings. The smallest absolute Gasteiger partial charge is 0.0945 e. The SMILES string of the molecule is c1ccc(CCN(CCCn2ccnc2)Cc2cccnc2)cc1. The van der Waals surface area contributed by atoms with E-state index < -0.39 is 0 Å². The van der Waals surface area contributed by atoms with Crippen molar-refractivity contribution in [3.8, 4) is 0 Å². The van der Waals surface area contributed by atoms with Crippen LogP contribution in [0.25, 0.3) is 0 Å². The van der Waals surface area contributed by atoms with Gasteiger partial charge in [0.05, 0.1) is 6.33 Å². The van der Waals surface area contributed by atoms with Gasteiger partial charge in [0.25, 0.3) is 0 Å². The lowest BCUT2D eigenvalue weighted by Gasteiger charge is -2.22. The second-order valence-corrected chi connectivity index (χ2v) is 6.03. The van der Waals surface area contributed by atoms with E-state index in [0.717, 1.165) is 39.0 Å². The maximum Gasteiger partial charge on any atom is 0.0945 e. The van der Waals surface area contributed by atoms with Gasteiger partial charge in [0, 0.05) is 51.0 Å². The molecule has 0 aliphatic carbocycles. The van der Waals surface area contributed by atoms with Gasteiger partial charge in [0.15, 0.2) is 0 Å². The minimum Gasteiger partial charge on any atom is -0.337 e. The van der Waals surface area contributed by atoms with Crippen LogP contribution in [0, 0.1) is 0 Å². The molecular weight excluding hydrogens is 296 g/mol. The molecule has 0 fully saturated rings. The molecule has 4 heteroatoms. The quantitative estimate of drug-likeness (QED) is 0.606. The lowest BCUT2D eigenvalue weighted by molar-refractivity contribution is 0.260. The number of imidazole rings is 1. The molecule has 0 bridgehead atoms. The number of benzene rings is 1. The summed E-state index contributed by atoms with van der Waals surface area (Å²) in [4.78, 5) is 10.9. The Morgan fingerprint density at radius 3 is 2.50 bits per heavy atom. The summed E-state index contributed by atoms with van der Waals surface area (Å²) in [6.45, 7) is 4.09. The van der Waals surface area contributed by atoms with Crippen molar-refractivity contribution in [2.45, 2.75) is 25.9 Å². The summed E-state index contributed by atoms with van der Waals surface area (Å²) in [6.07, 6.45) is 11.7. The van der Waals surface area contributed by atoms with Crippen molar-refractivity contribution in [2.24, 2.45) is 0 Å². The first-order valence-corrected chi connectivity index (χ1v) is 8.51. The monoisotopic (exact) mass is 320 g/mol. The predicted octanol–water partition coefficient (Wildman–Crippen LogP) is 3.41. The highest BCUT2D eigenvalue weighted by molar-refractivity contribution is 5.15. The van der Waals surface area contributed by atoms with E-state index in [1.807, 2.05) is 37.2 Å². The van der Waals surface area contributed by atoms with Crippen molar-refractivity contribution in [1.82, 2.24) is 19.4 Å². The van der Waals surface area contributed by atoms with E-state index in [-0.39, 0.29) is 0 Å². The summed E-state index contributed by atoms with van der Waals surface area (Å²) in [6, 6.07) is 14.9. The van der Waals surface area contributed by atoms with Gasteiger partial charge in [-0.05, 0) is 30.0 Å². The minimum atomic E-state index is 0.949. The second-order valence-electron chi connectivity index (χ2n) is 6.03. The Morgan fingerprint density at radius 1 is 0.875 bits per heavy atom. The first-order valence-electron chi connectivity index (χ1n) is 8.51. The average molecular weight is 320 g/mol. The average Bonchev–Trinajstić information content (AvgIpc) is 3.15. The maximum atomic E-state index is 4.24. The van der Waals surface area contributed by atoms with Gasteiger partial charge in [-0.25, -0.2) is 4.98 Å². The fourth-order valence-corrected chi connectivity index (χ4v) is 2.85. The van der Waals surface area contributed by atoms with Gasteiger partial charge in [-0.1, -0.05) is 36.4 Å². The van der Waals surface area contributed by atoms with E-state index in [1.165, 1.54) is 11.1 Å². The Hall–Kier alpha value is -2.46. The van der Waals surface area contributed by atoms with Crippen LogP contribution in [0.1, 0.15) is 17.5 Å². The highest BCUT2D eigenvalue weighted by Gasteiger charge is 2.07. The van der Waals surface area contributed by atoms with Crippen LogP contribution in [0.2, 0.25) is 0 Å². The van der Waals surface area contributed by atoms with E-state index in [4.69, 9.17) is 0 Å². The largest absolute Gasteiger partial charge is 0.337 e. The number of aryl methyl sites for hydroxylation is 1. The molecule has 0 aliphatic heterocycles. The van der Waals surface area contributed by atoms with Crippen molar-refractivity contribution >= 4 is 0 Å². The molecule has 0 radical (unpaired) electrons. The third-order valence-electron chi connectivity index (χ3n) is 4.14. The lowest BCUT2D eigenvalue weighted by Crippen LogP contribution is -2.27. The molecule has 0 N–H and O–H groups in total. The molecule has 3 rings (SSSR count). The van der Waals surface area contributed by atoms with E-state index in [2.05, 4.69) is 55.8 Å². The van der Waals surface area contributed by atoms with Crippen molar-refractivity contribution in [2.75, 3.05) is 13.1 Å². The van der Waals surface area contributed by atoms with Crippen LogP contribution in [0.3, 0.4) is 0 Å². The van der Waals surface area contributed by atoms with Crippen LogP contribution in [0.15, 0.2) is 73.6 Å². The Labute approximate surface area is 143 Å². The summed E-state index contributed by atoms with van der Waals surface area (Å²) < 4.78 is 2.14. The first-order chi connectivity index (χ1) is 11.9. The minimum absolute atomic E-state index is 0.949. The van der Waals surface area contributed by atoms with Gasteiger partial charge in [-0.2, -0.15) is 0 Å². The van der Waals surface area contributed by atoms with Crippen molar-refractivity contribution < 1.29 is 0 Å². The summed E-state index contributed by atoms with van der Waals surface area (Å²) in [5.41, 5.74) is 2.66. The normalized spacial score (nSPS) is 11.0. The van der Waals surface area contributed by atoms with Gasteiger partial charge in [0.2, 0.25) is 0 Å². The van der Waals surface area contributed by atoms with E-state index in [1.54, 1.807) is 0 Å². The molecule has 0 saturated carbocycles. The van der Waals surface area contributed by atoms with E-state index >= 15 is 0 Å². The molecule has 0 unspecified atom stereocenters. The van der Waals surface area contributed by atoms with E-state index in [0.29, 0.717) is 0 Å². The number of hydrogen-bond acceptors (Lipinski definition) is 3. The Kier molecular flexibility index (Phi) is 6.14. The van der Waals surface area contributed by atoms with Crippen LogP contribution in [0.4, 0.5) is 0 Å². The number of rotatable bonds is 9. The zero-order valence-corrected chi connectivity index (χ0v) is 14.0. The highest BCUT2D eigenvalue weighted by Crippen LogP contribution is 2.07. The Balaban J connectivity index is 1.55. The molecule has 0 atom stereocenters. The van der Waals surface area contributed by atoms with Crippen LogP contribution in [0.5, 0.6) is 0 Å². The molecule has 24 heavy (non-hydrogen) atoms. The summed E-state index contributed by atoms with van der Waals surface area (Å²) in [5, 5.41) is 0. The van der Waals surface area contributed by atoms with Gasteiger partial charge in [0.1, 0.15) is 0 Å².